The Morgan fingerprint density at radius 1 is 0.829 bits per heavy atom. The lowest BCUT2D eigenvalue weighted by atomic mass is 10.2. The van der Waals surface area contributed by atoms with E-state index in [0.29, 0.717) is 51.0 Å². The third-order valence-corrected chi connectivity index (χ3v) is 4.35. The third kappa shape index (κ3) is 16.4. The van der Waals surface area contributed by atoms with Crippen LogP contribution in [0.15, 0.2) is 36.4 Å². The Bertz CT molecular complexity index is 783. The number of methoxy groups -OCH3 is 2. The second-order valence-electron chi connectivity index (χ2n) is 7.23. The van der Waals surface area contributed by atoms with Crippen molar-refractivity contribution in [1.82, 2.24) is 10.6 Å². The van der Waals surface area contributed by atoms with Crippen LogP contribution < -0.4 is 20.1 Å². The summed E-state index contributed by atoms with van der Waals surface area (Å²) in [7, 11) is 3.20. The molecule has 1 aromatic carbocycles. The van der Waals surface area contributed by atoms with Gasteiger partial charge in [-0.15, -0.1) is 0 Å². The highest BCUT2D eigenvalue weighted by Crippen LogP contribution is 2.29. The van der Waals surface area contributed by atoms with Gasteiger partial charge >= 0.3 is 0 Å². The highest BCUT2D eigenvalue weighted by atomic mass is 16.7. The van der Waals surface area contributed by atoms with Crippen molar-refractivity contribution in [2.24, 2.45) is 0 Å². The van der Waals surface area contributed by atoms with Gasteiger partial charge in [0.15, 0.2) is 25.1 Å². The summed E-state index contributed by atoms with van der Waals surface area (Å²) in [5.74, 6) is 0.792. The van der Waals surface area contributed by atoms with E-state index < -0.39 is 0 Å². The highest BCUT2D eigenvalue weighted by molar-refractivity contribution is 5.87. The molecule has 0 aliphatic carbocycles. The van der Waals surface area contributed by atoms with Gasteiger partial charge in [0.25, 0.3) is 0 Å². The van der Waals surface area contributed by atoms with E-state index in [1.54, 1.807) is 32.4 Å². The molecule has 0 aromatic heterocycles. The van der Waals surface area contributed by atoms with Gasteiger partial charge in [-0.3, -0.25) is 9.59 Å². The van der Waals surface area contributed by atoms with E-state index in [1.165, 1.54) is 13.0 Å². The largest absolute Gasteiger partial charge is 0.464 e. The molecule has 1 aromatic rings. The van der Waals surface area contributed by atoms with Crippen LogP contribution in [0.25, 0.3) is 6.08 Å². The molecule has 35 heavy (non-hydrogen) atoms. The molecule has 0 heterocycles. The summed E-state index contributed by atoms with van der Waals surface area (Å²) in [5.41, 5.74) is 0.854. The van der Waals surface area contributed by atoms with Crippen molar-refractivity contribution in [3.05, 3.63) is 42.0 Å². The van der Waals surface area contributed by atoms with Crippen LogP contribution in [0.2, 0.25) is 0 Å². The first-order valence-electron chi connectivity index (χ1n) is 11.5. The molecule has 0 radical (unpaired) electrons. The molecule has 0 saturated carbocycles. The zero-order chi connectivity index (χ0) is 25.6. The first-order valence-corrected chi connectivity index (χ1v) is 11.5. The summed E-state index contributed by atoms with van der Waals surface area (Å²) in [5, 5.41) is 5.53. The number of amides is 2. The maximum atomic E-state index is 11.9. The Morgan fingerprint density at radius 2 is 1.46 bits per heavy atom. The summed E-state index contributed by atoms with van der Waals surface area (Å²) in [6.07, 6.45) is 8.33. The number of nitrogens with one attached hydrogen (secondary N) is 2. The molecule has 2 amide bonds. The molecule has 2 N–H and O–H groups in total. The van der Waals surface area contributed by atoms with Crippen molar-refractivity contribution in [2.75, 3.05) is 67.3 Å². The summed E-state index contributed by atoms with van der Waals surface area (Å²) >= 11 is 0. The Kier molecular flexibility index (Phi) is 17.6. The number of unbranched alkanes of at least 4 members (excludes halogenated alkanes) is 1. The van der Waals surface area contributed by atoms with Gasteiger partial charge in [0.1, 0.15) is 0 Å². The van der Waals surface area contributed by atoms with Crippen LogP contribution in [0, 0.1) is 0 Å². The van der Waals surface area contributed by atoms with Gasteiger partial charge in [0.2, 0.25) is 11.8 Å². The van der Waals surface area contributed by atoms with Crippen LogP contribution >= 0.6 is 0 Å². The normalized spacial score (nSPS) is 11.2. The molecule has 1 rings (SSSR count). The average Bonchev–Trinajstić information content (AvgIpc) is 2.84. The minimum Gasteiger partial charge on any atom is -0.464 e. The summed E-state index contributed by atoms with van der Waals surface area (Å²) in [6.45, 7) is 4.53. The van der Waals surface area contributed by atoms with Crippen LogP contribution in [0.5, 0.6) is 11.5 Å². The molecule has 0 aliphatic rings. The third-order valence-electron chi connectivity index (χ3n) is 4.35. The van der Waals surface area contributed by atoms with Gasteiger partial charge in [0.05, 0.1) is 26.4 Å². The average molecular weight is 495 g/mol. The maximum absolute atomic E-state index is 11.9. The van der Waals surface area contributed by atoms with Crippen molar-refractivity contribution in [3.63, 3.8) is 0 Å². The Hall–Kier alpha value is -2.92. The van der Waals surface area contributed by atoms with E-state index in [0.717, 1.165) is 18.4 Å². The number of allylic oxidation sites excluding steroid dienone is 2. The molecular weight excluding hydrogens is 456 g/mol. The van der Waals surface area contributed by atoms with Crippen molar-refractivity contribution in [2.45, 2.75) is 19.8 Å². The summed E-state index contributed by atoms with van der Waals surface area (Å²) in [4.78, 5) is 22.7. The fourth-order valence-corrected chi connectivity index (χ4v) is 2.57. The van der Waals surface area contributed by atoms with Gasteiger partial charge in [-0.05, 0) is 30.5 Å². The number of hydrogen-bond acceptors (Lipinski definition) is 8. The minimum absolute atomic E-state index is 0.0440. The number of hydrogen-bond donors (Lipinski definition) is 2. The highest BCUT2D eigenvalue weighted by Gasteiger charge is 2.07. The number of rotatable bonds is 20. The number of carbonyl (C=O) groups excluding carboxylic acids is 2. The van der Waals surface area contributed by atoms with Gasteiger partial charge in [0, 0.05) is 40.3 Å². The second-order valence-corrected chi connectivity index (χ2v) is 7.23. The van der Waals surface area contributed by atoms with Gasteiger partial charge < -0.3 is 39.1 Å². The van der Waals surface area contributed by atoms with E-state index in [1.807, 2.05) is 18.2 Å². The van der Waals surface area contributed by atoms with E-state index in [-0.39, 0.29) is 25.4 Å². The van der Waals surface area contributed by atoms with Crippen molar-refractivity contribution < 1.29 is 38.0 Å². The molecule has 10 nitrogen and oxygen atoms in total. The standard InChI is InChI=1S/C25H38N2O8/c1-21(28)26-12-6-7-13-27-25(29)9-5-4-8-22-10-11-23(34-19-32-16-14-30-2)24(18-22)35-20-33-17-15-31-3/h4-5,8-11,18H,6-7,12-17,19-20H2,1-3H3,(H,26,28)(H,27,29). The molecule has 0 atom stereocenters. The van der Waals surface area contributed by atoms with E-state index >= 15 is 0 Å². The predicted octanol–water partition coefficient (Wildman–Crippen LogP) is 2.29. The lowest BCUT2D eigenvalue weighted by Gasteiger charge is -2.14. The molecule has 0 spiro atoms. The Morgan fingerprint density at radius 3 is 2.09 bits per heavy atom. The van der Waals surface area contributed by atoms with Crippen molar-refractivity contribution >= 4 is 17.9 Å². The van der Waals surface area contributed by atoms with Gasteiger partial charge in [-0.1, -0.05) is 24.3 Å². The number of carbonyl (C=O) groups is 2. The number of benzene rings is 1. The second kappa shape index (κ2) is 20.5. The Balaban J connectivity index is 2.54. The van der Waals surface area contributed by atoms with E-state index in [4.69, 9.17) is 28.4 Å². The summed E-state index contributed by atoms with van der Waals surface area (Å²) < 4.78 is 32.0. The molecule has 0 unspecified atom stereocenters. The molecule has 0 fully saturated rings. The predicted molar refractivity (Wildman–Crippen MR) is 132 cm³/mol. The monoisotopic (exact) mass is 494 g/mol. The summed E-state index contributed by atoms with van der Waals surface area (Å²) in [6, 6.07) is 5.45. The lowest BCUT2D eigenvalue weighted by Crippen LogP contribution is -2.24. The van der Waals surface area contributed by atoms with Gasteiger partial charge in [-0.25, -0.2) is 0 Å². The van der Waals surface area contributed by atoms with Crippen LogP contribution in [0.3, 0.4) is 0 Å². The molecule has 196 valence electrons. The molecule has 0 saturated heterocycles. The first kappa shape index (κ1) is 30.1. The van der Waals surface area contributed by atoms with Crippen LogP contribution in [0.4, 0.5) is 0 Å². The fraction of sp³-hybridized carbons (Fsp3) is 0.520. The van der Waals surface area contributed by atoms with Gasteiger partial charge in [-0.2, -0.15) is 0 Å². The zero-order valence-electron chi connectivity index (χ0n) is 20.9. The first-order chi connectivity index (χ1) is 17.1. The smallest absolute Gasteiger partial charge is 0.243 e. The Labute approximate surface area is 207 Å². The van der Waals surface area contributed by atoms with Crippen LogP contribution in [0.1, 0.15) is 25.3 Å². The van der Waals surface area contributed by atoms with Crippen molar-refractivity contribution in [3.8, 4) is 11.5 Å². The minimum atomic E-state index is -0.177. The molecule has 0 aliphatic heterocycles. The SMILES string of the molecule is COCCOCOc1ccc(C=CC=CC(=O)NCCCCNC(C)=O)cc1OCOCCOC. The quantitative estimate of drug-likeness (QED) is 0.123. The lowest BCUT2D eigenvalue weighted by molar-refractivity contribution is -0.119. The van der Waals surface area contributed by atoms with E-state index in [9.17, 15) is 9.59 Å². The number of ether oxygens (including phenoxy) is 6. The molecule has 0 bridgehead atoms. The van der Waals surface area contributed by atoms with Crippen LogP contribution in [-0.4, -0.2) is 79.1 Å². The van der Waals surface area contributed by atoms with E-state index in [2.05, 4.69) is 10.6 Å². The molecular formula is C25H38N2O8. The maximum Gasteiger partial charge on any atom is 0.243 e. The fourth-order valence-electron chi connectivity index (χ4n) is 2.57. The zero-order valence-corrected chi connectivity index (χ0v) is 20.9. The van der Waals surface area contributed by atoms with Crippen molar-refractivity contribution in [1.29, 1.82) is 0 Å². The molecule has 10 heteroatoms. The topological polar surface area (TPSA) is 114 Å². The van der Waals surface area contributed by atoms with Crippen LogP contribution in [-0.2, 0) is 28.5 Å².